The highest BCUT2D eigenvalue weighted by Crippen LogP contribution is 2.44. The van der Waals surface area contributed by atoms with Crippen molar-refractivity contribution in [3.05, 3.63) is 69.7 Å². The van der Waals surface area contributed by atoms with Gasteiger partial charge in [-0.15, -0.1) is 0 Å². The molecular formula is C26H33Cl2NO2. The molecule has 1 saturated heterocycles. The highest BCUT2D eigenvalue weighted by Gasteiger charge is 2.43. The fourth-order valence-corrected chi connectivity index (χ4v) is 5.28. The Balaban J connectivity index is 2.08. The molecule has 1 amide bonds. The number of carbonyl (C=O) groups is 1. The first-order valence-corrected chi connectivity index (χ1v) is 11.8. The van der Waals surface area contributed by atoms with Crippen LogP contribution in [0.4, 0.5) is 0 Å². The van der Waals surface area contributed by atoms with Crippen LogP contribution in [-0.4, -0.2) is 23.5 Å². The Morgan fingerprint density at radius 3 is 2.32 bits per heavy atom. The van der Waals surface area contributed by atoms with Crippen molar-refractivity contribution in [2.45, 2.75) is 65.6 Å². The zero-order chi connectivity index (χ0) is 22.8. The Labute approximate surface area is 196 Å². The predicted octanol–water partition coefficient (Wildman–Crippen LogP) is 7.49. The average Bonchev–Trinajstić information content (AvgIpc) is 2.69. The van der Waals surface area contributed by atoms with Crippen molar-refractivity contribution in [3.8, 4) is 0 Å². The second kappa shape index (κ2) is 9.94. The molecule has 1 heterocycles. The number of halogens is 2. The molecule has 0 N–H and O–H groups in total. The molecule has 3 rings (SSSR count). The smallest absolute Gasteiger partial charge is 0.249 e. The van der Waals surface area contributed by atoms with Gasteiger partial charge >= 0.3 is 0 Å². The summed E-state index contributed by atoms with van der Waals surface area (Å²) in [4.78, 5) is 15.4. The molecule has 0 unspecified atom stereocenters. The topological polar surface area (TPSA) is 29.5 Å². The van der Waals surface area contributed by atoms with Gasteiger partial charge in [0.05, 0.1) is 6.04 Å². The lowest BCUT2D eigenvalue weighted by atomic mass is 9.79. The molecule has 1 aliphatic heterocycles. The maximum Gasteiger partial charge on any atom is 0.249 e. The van der Waals surface area contributed by atoms with Crippen LogP contribution in [0.1, 0.15) is 70.7 Å². The number of hydrogen-bond acceptors (Lipinski definition) is 2. The first kappa shape index (κ1) is 24.1. The second-order valence-electron chi connectivity index (χ2n) is 9.80. The van der Waals surface area contributed by atoms with E-state index in [-0.39, 0.29) is 36.1 Å². The lowest BCUT2D eigenvalue weighted by molar-refractivity contribution is -0.166. The summed E-state index contributed by atoms with van der Waals surface area (Å²) in [5.74, 6) is 0.382. The summed E-state index contributed by atoms with van der Waals surface area (Å²) < 4.78 is 6.15. The van der Waals surface area contributed by atoms with E-state index >= 15 is 0 Å². The third-order valence-corrected chi connectivity index (χ3v) is 6.50. The highest BCUT2D eigenvalue weighted by molar-refractivity contribution is 6.30. The minimum atomic E-state index is -0.298. The quantitative estimate of drug-likeness (QED) is 0.445. The molecule has 0 bridgehead atoms. The Morgan fingerprint density at radius 2 is 1.74 bits per heavy atom. The molecule has 0 aromatic heterocycles. The number of rotatable bonds is 6. The van der Waals surface area contributed by atoms with Gasteiger partial charge in [-0.1, -0.05) is 82.1 Å². The third kappa shape index (κ3) is 5.83. The van der Waals surface area contributed by atoms with Crippen molar-refractivity contribution in [2.24, 2.45) is 11.3 Å². The van der Waals surface area contributed by atoms with Gasteiger partial charge in [-0.25, -0.2) is 0 Å². The highest BCUT2D eigenvalue weighted by atomic mass is 35.5. The monoisotopic (exact) mass is 461 g/mol. The molecular weight excluding hydrogens is 429 g/mol. The Kier molecular flexibility index (Phi) is 7.72. The standard InChI is InChI=1S/C26H33Cl2NO2/c1-6-22(17(2)15-26(3,4)5)29-23(30)16-31-25(19-8-7-9-21(28)14-19)24(29)18-10-12-20(27)13-11-18/h7-14,17,22,24-25H,6,15-16H2,1-5H3/t17-,22-,24-,25-/m1/s1. The molecule has 0 radical (unpaired) electrons. The summed E-state index contributed by atoms with van der Waals surface area (Å²) in [6.45, 7) is 11.3. The molecule has 1 aliphatic rings. The lowest BCUT2D eigenvalue weighted by Gasteiger charge is -2.48. The van der Waals surface area contributed by atoms with Gasteiger partial charge in [0.1, 0.15) is 12.7 Å². The summed E-state index contributed by atoms with van der Waals surface area (Å²) in [7, 11) is 0. The van der Waals surface area contributed by atoms with E-state index in [1.807, 2.05) is 48.5 Å². The van der Waals surface area contributed by atoms with E-state index in [0.717, 1.165) is 24.0 Å². The van der Waals surface area contributed by atoms with Crippen molar-refractivity contribution in [3.63, 3.8) is 0 Å². The normalized spacial score (nSPS) is 21.8. The maximum atomic E-state index is 13.3. The number of hydrogen-bond donors (Lipinski definition) is 0. The van der Waals surface area contributed by atoms with Gasteiger partial charge in [-0.05, 0) is 59.6 Å². The summed E-state index contributed by atoms with van der Waals surface area (Å²) in [6.07, 6.45) is 1.62. The Morgan fingerprint density at radius 1 is 1.06 bits per heavy atom. The molecule has 5 heteroatoms. The van der Waals surface area contributed by atoms with Gasteiger partial charge in [0, 0.05) is 16.1 Å². The van der Waals surface area contributed by atoms with Gasteiger partial charge in [0.2, 0.25) is 5.91 Å². The van der Waals surface area contributed by atoms with Crippen LogP contribution in [0.3, 0.4) is 0 Å². The minimum absolute atomic E-state index is 0.0332. The average molecular weight is 462 g/mol. The van der Waals surface area contributed by atoms with E-state index in [1.54, 1.807) is 0 Å². The van der Waals surface area contributed by atoms with Crippen molar-refractivity contribution in [2.75, 3.05) is 6.61 Å². The number of ether oxygens (including phenoxy) is 1. The zero-order valence-corrected chi connectivity index (χ0v) is 20.6. The SMILES string of the molecule is CC[C@H]([C@H](C)CC(C)(C)C)N1C(=O)CO[C@H](c2cccc(Cl)c2)[C@H]1c1ccc(Cl)cc1. The van der Waals surface area contributed by atoms with Crippen LogP contribution >= 0.6 is 23.2 Å². The number of morpholine rings is 1. The van der Waals surface area contributed by atoms with Crippen LogP contribution in [0.5, 0.6) is 0 Å². The number of nitrogens with zero attached hydrogens (tertiary/aromatic N) is 1. The van der Waals surface area contributed by atoms with Crippen molar-refractivity contribution < 1.29 is 9.53 Å². The van der Waals surface area contributed by atoms with Gasteiger partial charge in [-0.2, -0.15) is 0 Å². The molecule has 4 atom stereocenters. The summed E-state index contributed by atoms with van der Waals surface area (Å²) in [6, 6.07) is 15.4. The number of amides is 1. The molecule has 0 spiro atoms. The predicted molar refractivity (Wildman–Crippen MR) is 128 cm³/mol. The lowest BCUT2D eigenvalue weighted by Crippen LogP contribution is -2.53. The number of benzene rings is 2. The first-order chi connectivity index (χ1) is 14.6. The maximum absolute atomic E-state index is 13.3. The molecule has 0 saturated carbocycles. The van der Waals surface area contributed by atoms with Crippen molar-refractivity contribution in [1.29, 1.82) is 0 Å². The number of carbonyl (C=O) groups excluding carboxylic acids is 1. The second-order valence-corrected chi connectivity index (χ2v) is 10.7. The fraction of sp³-hybridized carbons (Fsp3) is 0.500. The largest absolute Gasteiger partial charge is 0.361 e. The zero-order valence-electron chi connectivity index (χ0n) is 19.1. The van der Waals surface area contributed by atoms with E-state index in [4.69, 9.17) is 27.9 Å². The van der Waals surface area contributed by atoms with Gasteiger partial charge in [0.15, 0.2) is 0 Å². The van der Waals surface area contributed by atoms with E-state index in [0.29, 0.717) is 16.0 Å². The molecule has 2 aromatic carbocycles. The minimum Gasteiger partial charge on any atom is -0.361 e. The Bertz CT molecular complexity index is 891. The van der Waals surface area contributed by atoms with E-state index < -0.39 is 0 Å². The fourth-order valence-electron chi connectivity index (χ4n) is 4.95. The molecule has 3 nitrogen and oxygen atoms in total. The molecule has 1 fully saturated rings. The van der Waals surface area contributed by atoms with Crippen LogP contribution in [0.2, 0.25) is 10.0 Å². The summed E-state index contributed by atoms with van der Waals surface area (Å²) in [5.41, 5.74) is 2.18. The molecule has 0 aliphatic carbocycles. The van der Waals surface area contributed by atoms with Crippen LogP contribution in [0.25, 0.3) is 0 Å². The van der Waals surface area contributed by atoms with E-state index in [1.165, 1.54) is 0 Å². The van der Waals surface area contributed by atoms with Crippen LogP contribution in [0, 0.1) is 11.3 Å². The van der Waals surface area contributed by atoms with Crippen LogP contribution in [-0.2, 0) is 9.53 Å². The molecule has 168 valence electrons. The van der Waals surface area contributed by atoms with Crippen LogP contribution < -0.4 is 0 Å². The van der Waals surface area contributed by atoms with Crippen molar-refractivity contribution in [1.82, 2.24) is 4.90 Å². The van der Waals surface area contributed by atoms with E-state index in [2.05, 4.69) is 39.5 Å². The van der Waals surface area contributed by atoms with E-state index in [9.17, 15) is 4.79 Å². The summed E-state index contributed by atoms with van der Waals surface area (Å²) in [5, 5.41) is 1.33. The summed E-state index contributed by atoms with van der Waals surface area (Å²) >= 11 is 12.5. The Hall–Kier alpha value is -1.55. The van der Waals surface area contributed by atoms with Gasteiger partial charge in [0.25, 0.3) is 0 Å². The molecule has 2 aromatic rings. The van der Waals surface area contributed by atoms with Gasteiger partial charge in [-0.3, -0.25) is 4.79 Å². The first-order valence-electron chi connectivity index (χ1n) is 11.0. The van der Waals surface area contributed by atoms with Crippen molar-refractivity contribution >= 4 is 29.1 Å². The molecule has 31 heavy (non-hydrogen) atoms. The third-order valence-electron chi connectivity index (χ3n) is 6.02. The van der Waals surface area contributed by atoms with Gasteiger partial charge < -0.3 is 9.64 Å². The van der Waals surface area contributed by atoms with Crippen LogP contribution in [0.15, 0.2) is 48.5 Å².